The molecular weight excluding hydrogens is 328 g/mol. The molecule has 0 atom stereocenters. The predicted octanol–water partition coefficient (Wildman–Crippen LogP) is 6.45. The summed E-state index contributed by atoms with van der Waals surface area (Å²) in [6.07, 6.45) is 16.2. The highest BCUT2D eigenvalue weighted by molar-refractivity contribution is 5.72. The molecule has 0 spiro atoms. The van der Waals surface area contributed by atoms with Crippen LogP contribution in [0.5, 0.6) is 0 Å². The molecule has 0 heterocycles. The number of ether oxygens (including phenoxy) is 2. The van der Waals surface area contributed by atoms with Crippen molar-refractivity contribution in [2.75, 3.05) is 0 Å². The van der Waals surface area contributed by atoms with E-state index in [1.54, 1.807) is 0 Å². The number of esters is 2. The molecule has 1 rings (SSSR count). The molecule has 0 aromatic carbocycles. The van der Waals surface area contributed by atoms with Crippen LogP contribution in [0.1, 0.15) is 123 Å². The second kappa shape index (κ2) is 14.1. The van der Waals surface area contributed by atoms with Gasteiger partial charge in [0.1, 0.15) is 0 Å². The molecule has 0 unspecified atom stereocenters. The van der Waals surface area contributed by atoms with Crippen LogP contribution in [0.15, 0.2) is 0 Å². The van der Waals surface area contributed by atoms with Gasteiger partial charge in [-0.1, -0.05) is 71.6 Å². The minimum Gasteiger partial charge on any atom is -0.422 e. The summed E-state index contributed by atoms with van der Waals surface area (Å²) in [4.78, 5) is 24.5. The normalized spacial score (nSPS) is 16.2. The van der Waals surface area contributed by atoms with Gasteiger partial charge >= 0.3 is 11.9 Å². The maximum Gasteiger partial charge on any atom is 0.309 e. The van der Waals surface area contributed by atoms with E-state index in [0.29, 0.717) is 25.7 Å². The monoisotopic (exact) mass is 368 g/mol. The van der Waals surface area contributed by atoms with Crippen molar-refractivity contribution in [2.45, 2.75) is 129 Å². The van der Waals surface area contributed by atoms with Crippen LogP contribution in [-0.4, -0.2) is 17.7 Å². The zero-order valence-electron chi connectivity index (χ0n) is 17.2. The van der Waals surface area contributed by atoms with Gasteiger partial charge in [-0.05, 0) is 25.7 Å². The Labute approximate surface area is 160 Å². The Hall–Kier alpha value is -1.06. The van der Waals surface area contributed by atoms with E-state index in [9.17, 15) is 9.59 Å². The number of carbonyl (C=O) groups excluding carboxylic acids is 2. The Morgan fingerprint density at radius 1 is 0.654 bits per heavy atom. The van der Waals surface area contributed by atoms with Crippen molar-refractivity contribution in [1.82, 2.24) is 0 Å². The lowest BCUT2D eigenvalue weighted by Gasteiger charge is -2.35. The fourth-order valence-electron chi connectivity index (χ4n) is 3.58. The fraction of sp³-hybridized carbons (Fsp3) is 0.909. The van der Waals surface area contributed by atoms with Gasteiger partial charge in [0.05, 0.1) is 0 Å². The Morgan fingerprint density at radius 3 is 1.50 bits per heavy atom. The average molecular weight is 369 g/mol. The third kappa shape index (κ3) is 10.2. The van der Waals surface area contributed by atoms with Crippen molar-refractivity contribution in [3.8, 4) is 0 Å². The van der Waals surface area contributed by atoms with Crippen LogP contribution in [0, 0.1) is 0 Å². The first kappa shape index (κ1) is 23.0. The van der Waals surface area contributed by atoms with E-state index in [1.165, 1.54) is 38.5 Å². The van der Waals surface area contributed by atoms with Crippen LogP contribution >= 0.6 is 0 Å². The number of unbranched alkanes of at least 4 members (excludes halogenated alkanes) is 8. The lowest BCUT2D eigenvalue weighted by Crippen LogP contribution is -2.42. The molecule has 0 radical (unpaired) electrons. The third-order valence-corrected chi connectivity index (χ3v) is 5.18. The molecule has 4 nitrogen and oxygen atoms in total. The van der Waals surface area contributed by atoms with Gasteiger partial charge in [-0.2, -0.15) is 0 Å². The Bertz CT molecular complexity index is 356. The maximum absolute atomic E-state index is 12.2. The van der Waals surface area contributed by atoms with Crippen LogP contribution in [0.2, 0.25) is 0 Å². The van der Waals surface area contributed by atoms with Crippen molar-refractivity contribution in [2.24, 2.45) is 0 Å². The first-order chi connectivity index (χ1) is 12.6. The number of hydrogen-bond acceptors (Lipinski definition) is 4. The summed E-state index contributed by atoms with van der Waals surface area (Å²) < 4.78 is 11.4. The molecule has 1 aliphatic carbocycles. The lowest BCUT2D eigenvalue weighted by atomic mass is 9.94. The highest BCUT2D eigenvalue weighted by Crippen LogP contribution is 2.34. The van der Waals surface area contributed by atoms with E-state index < -0.39 is 5.79 Å². The summed E-state index contributed by atoms with van der Waals surface area (Å²) in [6, 6.07) is 0. The van der Waals surface area contributed by atoms with Gasteiger partial charge in [0, 0.05) is 25.7 Å². The van der Waals surface area contributed by atoms with Crippen molar-refractivity contribution in [3.63, 3.8) is 0 Å². The number of rotatable bonds is 14. The molecule has 0 amide bonds. The third-order valence-electron chi connectivity index (χ3n) is 5.18. The van der Waals surface area contributed by atoms with Crippen molar-refractivity contribution in [1.29, 1.82) is 0 Å². The maximum atomic E-state index is 12.2. The molecule has 0 N–H and O–H groups in total. The summed E-state index contributed by atoms with van der Waals surface area (Å²) in [5.41, 5.74) is 0. The molecule has 152 valence electrons. The Morgan fingerprint density at radius 2 is 1.08 bits per heavy atom. The van der Waals surface area contributed by atoms with E-state index in [0.717, 1.165) is 44.9 Å². The van der Waals surface area contributed by atoms with E-state index in [4.69, 9.17) is 9.47 Å². The molecule has 0 saturated heterocycles. The van der Waals surface area contributed by atoms with Gasteiger partial charge < -0.3 is 9.47 Å². The molecule has 1 aliphatic rings. The van der Waals surface area contributed by atoms with Crippen LogP contribution in [0.25, 0.3) is 0 Å². The van der Waals surface area contributed by atoms with Crippen LogP contribution in [0.3, 0.4) is 0 Å². The van der Waals surface area contributed by atoms with Crippen molar-refractivity contribution < 1.29 is 19.1 Å². The van der Waals surface area contributed by atoms with Crippen molar-refractivity contribution >= 4 is 11.9 Å². The largest absolute Gasteiger partial charge is 0.422 e. The second-order valence-electron chi connectivity index (χ2n) is 7.75. The molecule has 0 aromatic heterocycles. The molecule has 26 heavy (non-hydrogen) atoms. The molecule has 4 heteroatoms. The molecule has 1 saturated carbocycles. The van der Waals surface area contributed by atoms with Gasteiger partial charge in [-0.3, -0.25) is 9.59 Å². The molecule has 1 fully saturated rings. The van der Waals surface area contributed by atoms with Crippen LogP contribution in [0.4, 0.5) is 0 Å². The molecule has 0 bridgehead atoms. The minimum absolute atomic E-state index is 0.209. The van der Waals surface area contributed by atoms with Gasteiger partial charge in [-0.25, -0.2) is 0 Å². The van der Waals surface area contributed by atoms with Gasteiger partial charge in [0.2, 0.25) is 0 Å². The number of carbonyl (C=O) groups is 2. The van der Waals surface area contributed by atoms with Crippen molar-refractivity contribution in [3.05, 3.63) is 0 Å². The van der Waals surface area contributed by atoms with E-state index in [2.05, 4.69) is 13.8 Å². The second-order valence-corrected chi connectivity index (χ2v) is 7.75. The SMILES string of the molecule is CCCCCCCC(=O)OC1(OC(=O)CCCCCCC)CCCCC1. The number of hydrogen-bond donors (Lipinski definition) is 0. The first-order valence-corrected chi connectivity index (χ1v) is 11.1. The zero-order chi connectivity index (χ0) is 19.1. The zero-order valence-corrected chi connectivity index (χ0v) is 17.2. The van der Waals surface area contributed by atoms with E-state index in [1.807, 2.05) is 0 Å². The van der Waals surface area contributed by atoms with Gasteiger partial charge in [-0.15, -0.1) is 0 Å². The highest BCUT2D eigenvalue weighted by atomic mass is 16.7. The standard InChI is InChI=1S/C22H40O4/c1-3-5-7-9-12-16-20(23)25-22(18-14-11-15-19-22)26-21(24)17-13-10-8-6-4-2/h3-19H2,1-2H3. The van der Waals surface area contributed by atoms with Gasteiger partial charge in [0.25, 0.3) is 5.79 Å². The Balaban J connectivity index is 2.37. The minimum atomic E-state index is -0.987. The predicted molar refractivity (Wildman–Crippen MR) is 105 cm³/mol. The highest BCUT2D eigenvalue weighted by Gasteiger charge is 2.39. The summed E-state index contributed by atoms with van der Waals surface area (Å²) in [6.45, 7) is 4.36. The topological polar surface area (TPSA) is 52.6 Å². The molecule has 0 aromatic rings. The molecule has 0 aliphatic heterocycles. The summed E-state index contributed by atoms with van der Waals surface area (Å²) in [5.74, 6) is -1.41. The summed E-state index contributed by atoms with van der Waals surface area (Å²) in [5, 5.41) is 0. The quantitative estimate of drug-likeness (QED) is 0.201. The molecular formula is C22H40O4. The fourth-order valence-corrected chi connectivity index (χ4v) is 3.58. The Kier molecular flexibility index (Phi) is 12.4. The first-order valence-electron chi connectivity index (χ1n) is 11.1. The lowest BCUT2D eigenvalue weighted by molar-refractivity contribution is -0.239. The average Bonchev–Trinajstić information content (AvgIpc) is 2.62. The smallest absolute Gasteiger partial charge is 0.309 e. The van der Waals surface area contributed by atoms with Crippen LogP contribution in [-0.2, 0) is 19.1 Å². The van der Waals surface area contributed by atoms with Crippen LogP contribution < -0.4 is 0 Å². The van der Waals surface area contributed by atoms with Gasteiger partial charge in [0.15, 0.2) is 0 Å². The summed E-state index contributed by atoms with van der Waals surface area (Å²) >= 11 is 0. The summed E-state index contributed by atoms with van der Waals surface area (Å²) in [7, 11) is 0. The van der Waals surface area contributed by atoms with E-state index in [-0.39, 0.29) is 11.9 Å². The van der Waals surface area contributed by atoms with E-state index >= 15 is 0 Å².